The summed E-state index contributed by atoms with van der Waals surface area (Å²) in [7, 11) is 0. The number of hydrogen-bond acceptors (Lipinski definition) is 5. The van der Waals surface area contributed by atoms with E-state index >= 15 is 0 Å². The van der Waals surface area contributed by atoms with Gasteiger partial charge in [-0.1, -0.05) is 45.4 Å². The predicted octanol–water partition coefficient (Wildman–Crippen LogP) is 3.43. The molecule has 3 N–H and O–H groups in total. The van der Waals surface area contributed by atoms with E-state index in [0.717, 1.165) is 25.7 Å². The van der Waals surface area contributed by atoms with Gasteiger partial charge in [0.05, 0.1) is 29.2 Å². The Kier molecular flexibility index (Phi) is 7.81. The number of anilines is 1. The second-order valence-electron chi connectivity index (χ2n) is 10.8. The molecule has 8 heteroatoms. The lowest BCUT2D eigenvalue weighted by Crippen LogP contribution is -2.57. The van der Waals surface area contributed by atoms with E-state index in [4.69, 9.17) is 0 Å². The van der Waals surface area contributed by atoms with Gasteiger partial charge in [0.2, 0.25) is 17.7 Å². The average molecular weight is 502 g/mol. The summed E-state index contributed by atoms with van der Waals surface area (Å²) in [5.74, 6) is -1.26. The Bertz CT molecular complexity index is 942. The number of benzene rings is 1. The molecule has 4 rings (SSSR count). The van der Waals surface area contributed by atoms with E-state index in [9.17, 15) is 19.5 Å². The van der Waals surface area contributed by atoms with Crippen LogP contribution in [0.25, 0.3) is 0 Å². The van der Waals surface area contributed by atoms with Crippen LogP contribution < -0.4 is 10.6 Å². The van der Waals surface area contributed by atoms with Crippen LogP contribution >= 0.6 is 11.8 Å². The zero-order valence-electron chi connectivity index (χ0n) is 21.2. The summed E-state index contributed by atoms with van der Waals surface area (Å²) >= 11 is 1.66. The Hall–Kier alpha value is -2.06. The van der Waals surface area contributed by atoms with E-state index in [1.807, 2.05) is 37.3 Å². The van der Waals surface area contributed by atoms with Gasteiger partial charge in [0, 0.05) is 17.0 Å². The van der Waals surface area contributed by atoms with Gasteiger partial charge in [0.1, 0.15) is 6.04 Å². The van der Waals surface area contributed by atoms with Gasteiger partial charge in [-0.15, -0.1) is 11.8 Å². The van der Waals surface area contributed by atoms with Crippen molar-refractivity contribution in [1.29, 1.82) is 0 Å². The first-order valence-corrected chi connectivity index (χ1v) is 13.9. The third-order valence-corrected chi connectivity index (χ3v) is 9.74. The number of nitrogens with one attached hydrogen (secondary N) is 2. The molecular formula is C27H39N3O4S. The molecule has 3 unspecified atom stereocenters. The maximum absolute atomic E-state index is 14.1. The molecule has 7 nitrogen and oxygen atoms in total. The van der Waals surface area contributed by atoms with E-state index in [0.29, 0.717) is 12.1 Å². The zero-order valence-corrected chi connectivity index (χ0v) is 22.0. The van der Waals surface area contributed by atoms with E-state index in [2.05, 4.69) is 31.4 Å². The van der Waals surface area contributed by atoms with Gasteiger partial charge in [-0.25, -0.2) is 0 Å². The van der Waals surface area contributed by atoms with Crippen LogP contribution in [0.2, 0.25) is 0 Å². The molecule has 35 heavy (non-hydrogen) atoms. The van der Waals surface area contributed by atoms with Gasteiger partial charge in [-0.05, 0) is 50.7 Å². The Morgan fingerprint density at radius 1 is 1.20 bits per heavy atom. The van der Waals surface area contributed by atoms with E-state index < -0.39 is 28.7 Å². The summed E-state index contributed by atoms with van der Waals surface area (Å²) in [6.07, 6.45) is 3.94. The maximum Gasteiger partial charge on any atom is 0.244 e. The number of aliphatic hydroxyl groups is 1. The first-order chi connectivity index (χ1) is 16.7. The number of carbonyl (C=O) groups is 3. The topological polar surface area (TPSA) is 98.7 Å². The van der Waals surface area contributed by atoms with Crippen molar-refractivity contribution in [2.45, 2.75) is 87.9 Å². The molecule has 192 valence electrons. The maximum atomic E-state index is 14.1. The fraction of sp³-hybridized carbons (Fsp3) is 0.667. The second kappa shape index (κ2) is 10.5. The number of para-hydroxylation sites is 1. The summed E-state index contributed by atoms with van der Waals surface area (Å²) in [5, 5.41) is 16.5. The van der Waals surface area contributed by atoms with E-state index in [1.165, 1.54) is 0 Å². The molecule has 0 radical (unpaired) electrons. The highest BCUT2D eigenvalue weighted by molar-refractivity contribution is 8.02. The third kappa shape index (κ3) is 4.71. The summed E-state index contributed by atoms with van der Waals surface area (Å²) < 4.78 is -0.638. The highest BCUT2D eigenvalue weighted by atomic mass is 32.2. The molecule has 1 spiro atoms. The summed E-state index contributed by atoms with van der Waals surface area (Å²) in [5.41, 5.74) is 0.706. The van der Waals surface area contributed by atoms with E-state index in [-0.39, 0.29) is 41.5 Å². The molecule has 3 aliphatic heterocycles. The molecule has 2 bridgehead atoms. The number of hydrogen-bond donors (Lipinski definition) is 3. The lowest BCUT2D eigenvalue weighted by atomic mass is 9.70. The number of amides is 3. The number of likely N-dealkylation sites (tertiary alicyclic amines) is 1. The highest BCUT2D eigenvalue weighted by Gasteiger charge is 2.74. The SMILES string of the molecule is CCCC(C)NC(=O)C1N([C@@H](CO)CC(C)C)C(=O)[C@@H]2[C@@H](C(=O)Nc3ccccc3)[C@H]3CCC12S3. The normalized spacial score (nSPS) is 30.9. The standard InChI is InChI=1S/C27H39N3O4S/c1-5-9-17(4)28-25(33)23-27-13-12-20(35-27)21(24(32)29-18-10-7-6-8-11-18)22(27)26(34)30(23)19(15-31)14-16(2)3/h6-8,10-11,16-17,19-23,31H,5,9,12-15H2,1-4H3,(H,28,33)(H,29,32)/t17?,19-,20-,21+,22+,23?,27?/m1/s1. The van der Waals surface area contributed by atoms with Crippen molar-refractivity contribution < 1.29 is 19.5 Å². The molecule has 0 aliphatic carbocycles. The van der Waals surface area contributed by atoms with Crippen molar-refractivity contribution in [1.82, 2.24) is 10.2 Å². The molecular weight excluding hydrogens is 462 g/mol. The lowest BCUT2D eigenvalue weighted by Gasteiger charge is -2.38. The van der Waals surface area contributed by atoms with Crippen LogP contribution in [0, 0.1) is 17.8 Å². The molecule has 7 atom stereocenters. The average Bonchev–Trinajstić information content (AvgIpc) is 3.45. The molecule has 3 aliphatic rings. The van der Waals surface area contributed by atoms with Crippen molar-refractivity contribution in [3.63, 3.8) is 0 Å². The molecule has 1 aromatic rings. The molecule has 0 saturated carbocycles. The van der Waals surface area contributed by atoms with Crippen LogP contribution in [0.1, 0.15) is 59.8 Å². The predicted molar refractivity (Wildman–Crippen MR) is 139 cm³/mol. The fourth-order valence-corrected chi connectivity index (χ4v) is 8.68. The first kappa shape index (κ1) is 26.0. The van der Waals surface area contributed by atoms with Gasteiger partial charge in [-0.3, -0.25) is 14.4 Å². The quantitative estimate of drug-likeness (QED) is 0.456. The highest BCUT2D eigenvalue weighted by Crippen LogP contribution is 2.66. The largest absolute Gasteiger partial charge is 0.394 e. The van der Waals surface area contributed by atoms with Crippen molar-refractivity contribution in [2.75, 3.05) is 11.9 Å². The molecule has 3 heterocycles. The number of aliphatic hydroxyl groups excluding tert-OH is 1. The zero-order chi connectivity index (χ0) is 25.3. The number of fused-ring (bicyclic) bond motifs is 1. The smallest absolute Gasteiger partial charge is 0.244 e. The Morgan fingerprint density at radius 2 is 1.91 bits per heavy atom. The van der Waals surface area contributed by atoms with Crippen molar-refractivity contribution in [2.24, 2.45) is 17.8 Å². The van der Waals surface area contributed by atoms with Crippen LogP contribution in [-0.2, 0) is 14.4 Å². The minimum Gasteiger partial charge on any atom is -0.394 e. The minimum atomic E-state index is -0.681. The second-order valence-corrected chi connectivity index (χ2v) is 12.4. The molecule has 3 saturated heterocycles. The van der Waals surface area contributed by atoms with Crippen molar-refractivity contribution in [3.05, 3.63) is 30.3 Å². The third-order valence-electron chi connectivity index (χ3n) is 7.79. The molecule has 3 amide bonds. The van der Waals surface area contributed by atoms with Crippen LogP contribution in [-0.4, -0.2) is 62.5 Å². The monoisotopic (exact) mass is 501 g/mol. The van der Waals surface area contributed by atoms with Gasteiger partial charge in [0.15, 0.2) is 0 Å². The molecule has 1 aromatic carbocycles. The summed E-state index contributed by atoms with van der Waals surface area (Å²) in [6.45, 7) is 7.98. The Labute approximate surface area is 212 Å². The van der Waals surface area contributed by atoms with Gasteiger partial charge >= 0.3 is 0 Å². The molecule has 0 aromatic heterocycles. The van der Waals surface area contributed by atoms with Crippen LogP contribution in [0.15, 0.2) is 30.3 Å². The van der Waals surface area contributed by atoms with Crippen LogP contribution in [0.5, 0.6) is 0 Å². The lowest BCUT2D eigenvalue weighted by molar-refractivity contribution is -0.142. The van der Waals surface area contributed by atoms with Crippen molar-refractivity contribution >= 4 is 35.2 Å². The molecule has 3 fully saturated rings. The number of rotatable bonds is 10. The Morgan fingerprint density at radius 3 is 2.54 bits per heavy atom. The number of thioether (sulfide) groups is 1. The van der Waals surface area contributed by atoms with Gasteiger partial charge in [0.25, 0.3) is 0 Å². The van der Waals surface area contributed by atoms with Crippen molar-refractivity contribution in [3.8, 4) is 0 Å². The first-order valence-electron chi connectivity index (χ1n) is 13.0. The number of carbonyl (C=O) groups excluding carboxylic acids is 3. The van der Waals surface area contributed by atoms with Crippen LogP contribution in [0.3, 0.4) is 0 Å². The Balaban J connectivity index is 1.69. The summed E-state index contributed by atoms with van der Waals surface area (Å²) in [6, 6.07) is 8.17. The van der Waals surface area contributed by atoms with Gasteiger partial charge in [-0.2, -0.15) is 0 Å². The summed E-state index contributed by atoms with van der Waals surface area (Å²) in [4.78, 5) is 43.0. The fourth-order valence-electron chi connectivity index (χ4n) is 6.48. The van der Waals surface area contributed by atoms with E-state index in [1.54, 1.807) is 16.7 Å². The minimum absolute atomic E-state index is 0.00152. The van der Waals surface area contributed by atoms with Gasteiger partial charge < -0.3 is 20.6 Å². The number of nitrogens with zero attached hydrogens (tertiary/aromatic N) is 1. The van der Waals surface area contributed by atoms with Crippen LogP contribution in [0.4, 0.5) is 5.69 Å².